The third-order valence-corrected chi connectivity index (χ3v) is 4.40. The smallest absolute Gasteiger partial charge is 0.324 e. The molecule has 0 saturated carbocycles. The normalized spacial score (nSPS) is 14.9. The van der Waals surface area contributed by atoms with Gasteiger partial charge in [-0.05, 0) is 29.7 Å². The van der Waals surface area contributed by atoms with Crippen LogP contribution in [-0.4, -0.2) is 29.3 Å². The molecule has 6 nitrogen and oxygen atoms in total. The molecule has 1 heterocycles. The third-order valence-electron chi connectivity index (χ3n) is 4.40. The van der Waals surface area contributed by atoms with Crippen LogP contribution in [0.1, 0.15) is 30.4 Å². The highest BCUT2D eigenvalue weighted by molar-refractivity contribution is 6.02. The second kappa shape index (κ2) is 7.82. The molecule has 1 unspecified atom stereocenters. The lowest BCUT2D eigenvalue weighted by Gasteiger charge is -2.17. The Morgan fingerprint density at radius 3 is 2.58 bits per heavy atom. The summed E-state index contributed by atoms with van der Waals surface area (Å²) in [6.45, 7) is 2.19. The molecular formula is C20H21N3O3. The molecule has 1 aliphatic rings. The first kappa shape index (κ1) is 17.7. The van der Waals surface area contributed by atoms with E-state index in [1.807, 2.05) is 43.3 Å². The molecule has 0 bridgehead atoms. The zero-order valence-corrected chi connectivity index (χ0v) is 14.6. The van der Waals surface area contributed by atoms with Gasteiger partial charge in [-0.15, -0.1) is 0 Å². The topological polar surface area (TPSA) is 78.5 Å². The Bertz CT molecular complexity index is 804. The van der Waals surface area contributed by atoms with Crippen LogP contribution in [0.3, 0.4) is 0 Å². The van der Waals surface area contributed by atoms with Crippen molar-refractivity contribution in [3.05, 3.63) is 65.7 Å². The summed E-state index contributed by atoms with van der Waals surface area (Å²) in [4.78, 5) is 37.2. The summed E-state index contributed by atoms with van der Waals surface area (Å²) >= 11 is 0. The van der Waals surface area contributed by atoms with Crippen molar-refractivity contribution in [3.63, 3.8) is 0 Å². The van der Waals surface area contributed by atoms with Crippen LogP contribution in [0.15, 0.2) is 54.6 Å². The van der Waals surface area contributed by atoms with Crippen LogP contribution in [0.4, 0.5) is 10.5 Å². The van der Waals surface area contributed by atoms with Crippen LogP contribution in [0.5, 0.6) is 0 Å². The minimum absolute atomic E-state index is 0.0323. The average molecular weight is 351 g/mol. The molecule has 0 spiro atoms. The Hall–Kier alpha value is -3.15. The summed E-state index contributed by atoms with van der Waals surface area (Å²) in [5, 5.41) is 5.43. The van der Waals surface area contributed by atoms with Gasteiger partial charge in [0.05, 0.1) is 19.0 Å². The van der Waals surface area contributed by atoms with Crippen LogP contribution in [0.2, 0.25) is 0 Å². The fourth-order valence-corrected chi connectivity index (χ4v) is 3.03. The second-order valence-corrected chi connectivity index (χ2v) is 6.20. The molecule has 0 aromatic heterocycles. The maximum absolute atomic E-state index is 12.7. The highest BCUT2D eigenvalue weighted by Gasteiger charge is 2.28. The van der Waals surface area contributed by atoms with Crippen LogP contribution >= 0.6 is 0 Å². The van der Waals surface area contributed by atoms with E-state index >= 15 is 0 Å². The molecule has 2 aromatic carbocycles. The molecule has 0 radical (unpaired) electrons. The molecule has 1 saturated heterocycles. The van der Waals surface area contributed by atoms with Crippen molar-refractivity contribution in [2.75, 3.05) is 11.9 Å². The van der Waals surface area contributed by atoms with Gasteiger partial charge in [-0.1, -0.05) is 49.4 Å². The lowest BCUT2D eigenvalue weighted by atomic mass is 9.95. The van der Waals surface area contributed by atoms with Gasteiger partial charge in [0.2, 0.25) is 11.8 Å². The zero-order chi connectivity index (χ0) is 18.5. The number of benzene rings is 2. The molecular weight excluding hydrogens is 330 g/mol. The Balaban J connectivity index is 1.71. The van der Waals surface area contributed by atoms with Crippen molar-refractivity contribution in [3.8, 4) is 0 Å². The Morgan fingerprint density at radius 1 is 1.15 bits per heavy atom. The van der Waals surface area contributed by atoms with Crippen molar-refractivity contribution < 1.29 is 14.4 Å². The van der Waals surface area contributed by atoms with E-state index in [-0.39, 0.29) is 36.9 Å². The van der Waals surface area contributed by atoms with Crippen molar-refractivity contribution in [1.82, 2.24) is 10.2 Å². The highest BCUT2D eigenvalue weighted by Crippen LogP contribution is 2.22. The van der Waals surface area contributed by atoms with E-state index in [0.29, 0.717) is 12.1 Å². The number of nitrogens with one attached hydrogen (secondary N) is 2. The minimum Gasteiger partial charge on any atom is -0.329 e. The van der Waals surface area contributed by atoms with Gasteiger partial charge in [-0.25, -0.2) is 4.79 Å². The summed E-state index contributed by atoms with van der Waals surface area (Å²) < 4.78 is 0. The quantitative estimate of drug-likeness (QED) is 0.786. The lowest BCUT2D eigenvalue weighted by molar-refractivity contribution is -0.125. The number of imide groups is 1. The zero-order valence-electron chi connectivity index (χ0n) is 14.6. The molecule has 1 aliphatic heterocycles. The number of amides is 4. The summed E-state index contributed by atoms with van der Waals surface area (Å²) in [7, 11) is 0. The van der Waals surface area contributed by atoms with E-state index in [2.05, 4.69) is 10.6 Å². The average Bonchev–Trinajstić information content (AvgIpc) is 2.95. The number of rotatable bonds is 6. The van der Waals surface area contributed by atoms with Gasteiger partial charge in [0, 0.05) is 5.69 Å². The molecule has 2 aromatic rings. The van der Waals surface area contributed by atoms with E-state index in [4.69, 9.17) is 0 Å². The van der Waals surface area contributed by atoms with Gasteiger partial charge in [-0.2, -0.15) is 0 Å². The monoisotopic (exact) mass is 351 g/mol. The van der Waals surface area contributed by atoms with E-state index < -0.39 is 0 Å². The van der Waals surface area contributed by atoms with Crippen molar-refractivity contribution in [2.24, 2.45) is 0 Å². The standard InChI is InChI=1S/C20H21N3O3/c1-2-17(15-8-4-3-5-9-15)19(25)22-16-10-6-7-14(11-16)13-23-18(24)12-21-20(23)26/h3-11,17H,2,12-13H2,1H3,(H,21,26)(H,22,25). The molecule has 26 heavy (non-hydrogen) atoms. The molecule has 0 aliphatic carbocycles. The SMILES string of the molecule is CCC(C(=O)Nc1cccc(CN2C(=O)CNC2=O)c1)c1ccccc1. The molecule has 3 rings (SSSR count). The van der Waals surface area contributed by atoms with E-state index in [1.165, 1.54) is 4.90 Å². The number of hydrogen-bond acceptors (Lipinski definition) is 3. The van der Waals surface area contributed by atoms with Gasteiger partial charge in [0.25, 0.3) is 0 Å². The second-order valence-electron chi connectivity index (χ2n) is 6.20. The summed E-state index contributed by atoms with van der Waals surface area (Å²) in [5.41, 5.74) is 2.40. The maximum Gasteiger partial charge on any atom is 0.324 e. The Labute approximate surface area is 152 Å². The summed E-state index contributed by atoms with van der Waals surface area (Å²) in [5.74, 6) is -0.559. The number of nitrogens with zero attached hydrogens (tertiary/aromatic N) is 1. The molecule has 1 atom stereocenters. The van der Waals surface area contributed by atoms with Crippen molar-refractivity contribution >= 4 is 23.5 Å². The van der Waals surface area contributed by atoms with Gasteiger partial charge >= 0.3 is 6.03 Å². The molecule has 134 valence electrons. The number of carbonyl (C=O) groups excluding carboxylic acids is 3. The minimum atomic E-state index is -0.389. The van der Waals surface area contributed by atoms with Crippen LogP contribution < -0.4 is 10.6 Å². The summed E-state index contributed by atoms with van der Waals surface area (Å²) in [6.07, 6.45) is 0.692. The van der Waals surface area contributed by atoms with Crippen molar-refractivity contribution in [1.29, 1.82) is 0 Å². The Kier molecular flexibility index (Phi) is 5.31. The van der Waals surface area contributed by atoms with E-state index in [9.17, 15) is 14.4 Å². The number of hydrogen-bond donors (Lipinski definition) is 2. The predicted octanol–water partition coefficient (Wildman–Crippen LogP) is 2.87. The maximum atomic E-state index is 12.7. The molecule has 2 N–H and O–H groups in total. The fraction of sp³-hybridized carbons (Fsp3) is 0.250. The van der Waals surface area contributed by atoms with Crippen molar-refractivity contribution in [2.45, 2.75) is 25.8 Å². The first-order valence-electron chi connectivity index (χ1n) is 8.61. The van der Waals surface area contributed by atoms with Crippen LogP contribution in [0.25, 0.3) is 0 Å². The van der Waals surface area contributed by atoms with Gasteiger partial charge in [0.1, 0.15) is 0 Å². The number of anilines is 1. The van der Waals surface area contributed by atoms with E-state index in [0.717, 1.165) is 11.1 Å². The van der Waals surface area contributed by atoms with Crippen LogP contribution in [-0.2, 0) is 16.1 Å². The van der Waals surface area contributed by atoms with Crippen LogP contribution in [0, 0.1) is 0 Å². The first-order chi connectivity index (χ1) is 12.6. The lowest BCUT2D eigenvalue weighted by Crippen LogP contribution is -2.30. The molecule has 1 fully saturated rings. The van der Waals surface area contributed by atoms with Gasteiger partial charge in [-0.3, -0.25) is 14.5 Å². The highest BCUT2D eigenvalue weighted by atomic mass is 16.2. The third kappa shape index (κ3) is 3.91. The van der Waals surface area contributed by atoms with Gasteiger partial charge < -0.3 is 10.6 Å². The van der Waals surface area contributed by atoms with E-state index in [1.54, 1.807) is 18.2 Å². The number of urea groups is 1. The first-order valence-corrected chi connectivity index (χ1v) is 8.61. The summed E-state index contributed by atoms with van der Waals surface area (Å²) in [6, 6.07) is 16.5. The largest absolute Gasteiger partial charge is 0.329 e. The number of carbonyl (C=O) groups is 3. The molecule has 4 amide bonds. The predicted molar refractivity (Wildman–Crippen MR) is 98.5 cm³/mol. The fourth-order valence-electron chi connectivity index (χ4n) is 3.03. The Morgan fingerprint density at radius 2 is 1.92 bits per heavy atom. The molecule has 6 heteroatoms. The van der Waals surface area contributed by atoms with Gasteiger partial charge in [0.15, 0.2) is 0 Å².